The number of fused-ring (bicyclic) bond motifs is 3. The molecule has 3 aliphatic rings. The van der Waals surface area contributed by atoms with Crippen LogP contribution in [0.3, 0.4) is 0 Å². The van der Waals surface area contributed by atoms with E-state index in [9.17, 15) is 47.8 Å². The molecule has 228 valence electrons. The number of aliphatic hydroxyl groups excluding tert-OH is 2. The number of amides is 1. The minimum Gasteiger partial charge on any atom is -0.508 e. The molecule has 0 heterocycles. The van der Waals surface area contributed by atoms with Crippen LogP contribution in [-0.4, -0.2) is 95.6 Å². The van der Waals surface area contributed by atoms with E-state index in [-0.39, 0.29) is 34.4 Å². The number of likely N-dealkylation sites (N-methyl/N-ethyl adjacent to an activating group) is 1. The molecule has 1 amide bonds. The van der Waals surface area contributed by atoms with Crippen molar-refractivity contribution >= 4 is 39.0 Å². The number of hydrogen-bond acceptors (Lipinski definition) is 11. The van der Waals surface area contributed by atoms with Crippen molar-refractivity contribution < 1.29 is 47.8 Å². The number of aliphatic hydroxyl groups is 3. The molecule has 1 saturated carbocycles. The quantitative estimate of drug-likeness (QED) is 0.205. The Hall–Kier alpha value is -4.24. The summed E-state index contributed by atoms with van der Waals surface area (Å²) >= 11 is 0. The second-order valence-electron chi connectivity index (χ2n) is 11.5. The molecule has 0 radical (unpaired) electrons. The largest absolute Gasteiger partial charge is 0.508 e. The van der Waals surface area contributed by atoms with Crippen molar-refractivity contribution in [2.75, 3.05) is 33.1 Å². The summed E-state index contributed by atoms with van der Waals surface area (Å²) in [5, 5.41) is 45.9. The third-order valence-corrected chi connectivity index (χ3v) is 9.51. The molecule has 5 rings (SSSR count). The normalized spacial score (nSPS) is 25.4. The summed E-state index contributed by atoms with van der Waals surface area (Å²) in [5.41, 5.74) is 2.86. The first-order valence-corrected chi connectivity index (χ1v) is 14.7. The molecule has 13 nitrogen and oxygen atoms in total. The van der Waals surface area contributed by atoms with E-state index in [2.05, 4.69) is 0 Å². The molecular weight excluding hydrogens is 582 g/mol. The van der Waals surface area contributed by atoms with Gasteiger partial charge in [0, 0.05) is 36.8 Å². The van der Waals surface area contributed by atoms with Gasteiger partial charge in [0.2, 0.25) is 5.78 Å². The first-order chi connectivity index (χ1) is 19.9. The number of phenolic OH excluding ortho intramolecular Hbond substituents is 1. The zero-order chi connectivity index (χ0) is 31.9. The summed E-state index contributed by atoms with van der Waals surface area (Å²) in [7, 11) is 2.04. The van der Waals surface area contributed by atoms with E-state index in [1.165, 1.54) is 31.1 Å². The SMILES string of the molecule is CN(C)c1cc(-c2ccc(S(=O)(=O)O)cc2)c(O)c2c1CC1CC3C(N(C)C)C(=O)C(C(N)=O)=C(O)C3(O)C(=O)C1=C2O. The van der Waals surface area contributed by atoms with Crippen molar-refractivity contribution in [2.45, 2.75) is 29.4 Å². The first kappa shape index (κ1) is 30.2. The van der Waals surface area contributed by atoms with Crippen LogP contribution < -0.4 is 10.6 Å². The number of nitrogens with two attached hydrogens (primary N) is 1. The molecule has 14 heteroatoms. The number of hydrogen-bond donors (Lipinski definition) is 6. The molecule has 0 aromatic heterocycles. The average Bonchev–Trinajstić information content (AvgIpc) is 2.90. The van der Waals surface area contributed by atoms with Crippen LogP contribution in [0.5, 0.6) is 5.75 Å². The number of benzene rings is 2. The van der Waals surface area contributed by atoms with E-state index in [1.807, 2.05) is 0 Å². The molecule has 2 aromatic rings. The van der Waals surface area contributed by atoms with Crippen molar-refractivity contribution in [3.05, 3.63) is 58.4 Å². The molecule has 43 heavy (non-hydrogen) atoms. The zero-order valence-electron chi connectivity index (χ0n) is 23.7. The van der Waals surface area contributed by atoms with Crippen molar-refractivity contribution in [3.8, 4) is 16.9 Å². The van der Waals surface area contributed by atoms with Crippen LogP contribution >= 0.6 is 0 Å². The predicted octanol–water partition coefficient (Wildman–Crippen LogP) is 0.944. The van der Waals surface area contributed by atoms with E-state index in [0.717, 1.165) is 12.1 Å². The van der Waals surface area contributed by atoms with Crippen LogP contribution in [0.2, 0.25) is 0 Å². The minimum absolute atomic E-state index is 0.0434. The lowest BCUT2D eigenvalue weighted by Crippen LogP contribution is -2.65. The monoisotopic (exact) mass is 613 g/mol. The van der Waals surface area contributed by atoms with Crippen molar-refractivity contribution in [1.82, 2.24) is 4.90 Å². The third kappa shape index (κ3) is 4.32. The molecule has 4 unspecified atom stereocenters. The fourth-order valence-corrected chi connectivity index (χ4v) is 7.20. The number of carbonyl (C=O) groups is 3. The summed E-state index contributed by atoms with van der Waals surface area (Å²) in [6.45, 7) is 0. The van der Waals surface area contributed by atoms with Crippen molar-refractivity contribution in [1.29, 1.82) is 0 Å². The molecule has 7 N–H and O–H groups in total. The molecule has 4 atom stereocenters. The Balaban J connectivity index is 1.75. The van der Waals surface area contributed by atoms with Gasteiger partial charge < -0.3 is 31.1 Å². The van der Waals surface area contributed by atoms with Crippen LogP contribution in [0, 0.1) is 11.8 Å². The number of carbonyl (C=O) groups excluding carboxylic acids is 3. The molecule has 0 bridgehead atoms. The molecule has 0 aliphatic heterocycles. The first-order valence-electron chi connectivity index (χ1n) is 13.2. The number of Topliss-reactive ketones (excluding diaryl/α,β-unsaturated/α-hetero) is 2. The Labute approximate surface area is 246 Å². The van der Waals surface area contributed by atoms with Crippen LogP contribution in [0.25, 0.3) is 16.9 Å². The topological polar surface area (TPSA) is 219 Å². The number of phenols is 1. The summed E-state index contributed by atoms with van der Waals surface area (Å²) in [6, 6.07) is 5.44. The van der Waals surface area contributed by atoms with Gasteiger partial charge in [-0.25, -0.2) is 0 Å². The lowest BCUT2D eigenvalue weighted by molar-refractivity contribution is -0.153. The fourth-order valence-electron chi connectivity index (χ4n) is 6.72. The Kier molecular flexibility index (Phi) is 6.97. The molecule has 0 spiro atoms. The lowest BCUT2D eigenvalue weighted by Gasteiger charge is -2.50. The van der Waals surface area contributed by atoms with Gasteiger partial charge in [-0.05, 0) is 62.2 Å². The smallest absolute Gasteiger partial charge is 0.294 e. The number of nitrogens with zero attached hydrogens (tertiary/aromatic N) is 2. The fraction of sp³-hybridized carbons (Fsp3) is 0.345. The number of rotatable bonds is 5. The number of ketones is 2. The van der Waals surface area contributed by atoms with E-state index in [4.69, 9.17) is 5.73 Å². The van der Waals surface area contributed by atoms with Crippen LogP contribution in [0.15, 0.2) is 52.1 Å². The predicted molar refractivity (Wildman–Crippen MR) is 154 cm³/mol. The molecule has 1 fully saturated rings. The number of anilines is 1. The van der Waals surface area contributed by atoms with Gasteiger partial charge in [-0.3, -0.25) is 23.8 Å². The van der Waals surface area contributed by atoms with Gasteiger partial charge in [0.1, 0.15) is 22.8 Å². The van der Waals surface area contributed by atoms with E-state index in [0.29, 0.717) is 16.8 Å². The Morgan fingerprint density at radius 1 is 1.05 bits per heavy atom. The summed E-state index contributed by atoms with van der Waals surface area (Å²) in [4.78, 5) is 42.3. The van der Waals surface area contributed by atoms with Gasteiger partial charge in [0.25, 0.3) is 16.0 Å². The third-order valence-electron chi connectivity index (χ3n) is 8.64. The van der Waals surface area contributed by atoms with Gasteiger partial charge in [-0.1, -0.05) is 12.1 Å². The zero-order valence-corrected chi connectivity index (χ0v) is 24.5. The van der Waals surface area contributed by atoms with Gasteiger partial charge in [0.15, 0.2) is 11.4 Å². The highest BCUT2D eigenvalue weighted by atomic mass is 32.2. The van der Waals surface area contributed by atoms with Gasteiger partial charge >= 0.3 is 0 Å². The Bertz CT molecular complexity index is 1780. The highest BCUT2D eigenvalue weighted by Crippen LogP contribution is 2.54. The highest BCUT2D eigenvalue weighted by molar-refractivity contribution is 7.85. The van der Waals surface area contributed by atoms with Crippen LogP contribution in [-0.2, 0) is 30.9 Å². The van der Waals surface area contributed by atoms with Crippen molar-refractivity contribution in [2.24, 2.45) is 17.6 Å². The summed E-state index contributed by atoms with van der Waals surface area (Å²) < 4.78 is 32.4. The van der Waals surface area contributed by atoms with E-state index in [1.54, 1.807) is 25.1 Å². The van der Waals surface area contributed by atoms with Crippen LogP contribution in [0.1, 0.15) is 17.5 Å². The molecular formula is C29H31N3O10S. The minimum atomic E-state index is -4.47. The second-order valence-corrected chi connectivity index (χ2v) is 12.9. The van der Waals surface area contributed by atoms with Crippen LogP contribution in [0.4, 0.5) is 5.69 Å². The number of aromatic hydroxyl groups is 1. The van der Waals surface area contributed by atoms with Gasteiger partial charge in [0.05, 0.1) is 16.5 Å². The maximum absolute atomic E-state index is 14.1. The molecule has 2 aromatic carbocycles. The lowest BCUT2D eigenvalue weighted by atomic mass is 9.57. The average molecular weight is 614 g/mol. The Morgan fingerprint density at radius 2 is 1.65 bits per heavy atom. The van der Waals surface area contributed by atoms with Crippen molar-refractivity contribution in [3.63, 3.8) is 0 Å². The standard InChI is InChI=1S/C29H31N3O10S/c1-31(2)18-11-15(12-5-7-14(8-6-12)43(40,41)42)23(33)20-16(18)9-13-10-17-22(32(3)4)25(35)21(28(30)38)27(37)29(17,39)26(36)19(13)24(20)34/h5-8,11,13,17,22,33-34,37,39H,9-10H2,1-4H3,(H2,30,38)(H,40,41,42). The second kappa shape index (κ2) is 9.91. The van der Waals surface area contributed by atoms with Gasteiger partial charge in [-0.15, -0.1) is 0 Å². The summed E-state index contributed by atoms with van der Waals surface area (Å²) in [5.74, 6) is -7.45. The van der Waals surface area contributed by atoms with E-state index < -0.39 is 73.9 Å². The Morgan fingerprint density at radius 3 is 2.16 bits per heavy atom. The van der Waals surface area contributed by atoms with E-state index >= 15 is 0 Å². The maximum Gasteiger partial charge on any atom is 0.294 e. The molecule has 0 saturated heterocycles. The van der Waals surface area contributed by atoms with Gasteiger partial charge in [-0.2, -0.15) is 8.42 Å². The number of primary amides is 1. The maximum atomic E-state index is 14.1. The summed E-state index contributed by atoms with van der Waals surface area (Å²) in [6.07, 6.45) is 0.0653. The highest BCUT2D eigenvalue weighted by Gasteiger charge is 2.64. The molecule has 3 aliphatic carbocycles.